The van der Waals surface area contributed by atoms with E-state index in [0.717, 1.165) is 51.4 Å². The molecule has 0 spiro atoms. The molecule has 2 aromatic rings. The third kappa shape index (κ3) is 8.27. The molecule has 31 heavy (non-hydrogen) atoms. The van der Waals surface area contributed by atoms with Crippen LogP contribution in [0.3, 0.4) is 0 Å². The topological polar surface area (TPSA) is 31.4 Å². The van der Waals surface area contributed by atoms with E-state index in [1.807, 2.05) is 0 Å². The Hall–Kier alpha value is -1.91. The van der Waals surface area contributed by atoms with E-state index in [1.54, 1.807) is 12.1 Å². The molecule has 1 aromatic heterocycles. The minimum absolute atomic E-state index is 0.0102. The summed E-state index contributed by atoms with van der Waals surface area (Å²) in [5.74, 6) is -1.65. The number of nitrogens with zero attached hydrogens (tertiary/aromatic N) is 1. The number of unbranched alkanes of at least 4 members (excludes halogenated alkanes) is 7. The molecule has 0 bridgehead atoms. The predicted molar refractivity (Wildman–Crippen MR) is 124 cm³/mol. The van der Waals surface area contributed by atoms with Crippen LogP contribution in [-0.2, 0) is 0 Å². The average molecular weight is 436 g/mol. The SMILES string of the molecule is CCCCCCCCCOc1cc2ccc(OC(CCC)CCCC)nc2c(F)c1F. The third-order valence-electron chi connectivity index (χ3n) is 5.59. The van der Waals surface area contributed by atoms with E-state index in [9.17, 15) is 8.78 Å². The molecule has 0 saturated carbocycles. The standard InChI is InChI=1S/C26H39F2NO2/c1-4-7-9-10-11-12-13-18-30-22-19-20-16-17-23(29-26(20)25(28)24(22)27)31-21(14-6-3)15-8-5-2/h16-17,19,21H,4-15,18H2,1-3H3. The molecular weight excluding hydrogens is 396 g/mol. The normalized spacial score (nSPS) is 12.3. The number of rotatable bonds is 16. The summed E-state index contributed by atoms with van der Waals surface area (Å²) in [5, 5.41) is 0.515. The van der Waals surface area contributed by atoms with Gasteiger partial charge in [-0.1, -0.05) is 78.6 Å². The van der Waals surface area contributed by atoms with Gasteiger partial charge in [-0.15, -0.1) is 0 Å². The van der Waals surface area contributed by atoms with Crippen LogP contribution in [0.4, 0.5) is 8.78 Å². The Labute approximate surface area is 186 Å². The summed E-state index contributed by atoms with van der Waals surface area (Å²) in [6.45, 7) is 6.84. The minimum Gasteiger partial charge on any atom is -0.490 e. The lowest BCUT2D eigenvalue weighted by Crippen LogP contribution is -2.17. The zero-order chi connectivity index (χ0) is 22.5. The number of hydrogen-bond acceptors (Lipinski definition) is 3. The van der Waals surface area contributed by atoms with Gasteiger partial charge in [0.15, 0.2) is 11.6 Å². The molecule has 0 fully saturated rings. The van der Waals surface area contributed by atoms with Gasteiger partial charge in [0.05, 0.1) is 6.61 Å². The average Bonchev–Trinajstić information content (AvgIpc) is 2.77. The minimum atomic E-state index is -0.976. The molecule has 0 amide bonds. The van der Waals surface area contributed by atoms with Crippen LogP contribution < -0.4 is 9.47 Å². The lowest BCUT2D eigenvalue weighted by atomic mass is 10.1. The fourth-order valence-corrected chi connectivity index (χ4v) is 3.76. The van der Waals surface area contributed by atoms with Crippen molar-refractivity contribution in [2.45, 2.75) is 104 Å². The van der Waals surface area contributed by atoms with Gasteiger partial charge in [-0.3, -0.25) is 0 Å². The highest BCUT2D eigenvalue weighted by atomic mass is 19.2. The first-order valence-corrected chi connectivity index (χ1v) is 12.2. The Morgan fingerprint density at radius 1 is 0.806 bits per heavy atom. The summed E-state index contributed by atoms with van der Waals surface area (Å²) in [5.41, 5.74) is -0.0102. The van der Waals surface area contributed by atoms with E-state index >= 15 is 0 Å². The lowest BCUT2D eigenvalue weighted by Gasteiger charge is -2.18. The fraction of sp³-hybridized carbons (Fsp3) is 0.654. The summed E-state index contributed by atoms with van der Waals surface area (Å²) in [7, 11) is 0. The van der Waals surface area contributed by atoms with E-state index in [-0.39, 0.29) is 17.4 Å². The molecule has 0 saturated heterocycles. The van der Waals surface area contributed by atoms with Crippen molar-refractivity contribution in [3.8, 4) is 11.6 Å². The van der Waals surface area contributed by atoms with Crippen molar-refractivity contribution < 1.29 is 18.3 Å². The molecule has 1 unspecified atom stereocenters. The van der Waals surface area contributed by atoms with Gasteiger partial charge in [-0.05, 0) is 31.4 Å². The summed E-state index contributed by atoms with van der Waals surface area (Å²) in [4.78, 5) is 4.26. The van der Waals surface area contributed by atoms with Gasteiger partial charge in [0.25, 0.3) is 0 Å². The first-order chi connectivity index (χ1) is 15.1. The van der Waals surface area contributed by atoms with Gasteiger partial charge in [-0.2, -0.15) is 4.39 Å². The molecule has 2 rings (SSSR count). The first-order valence-electron chi connectivity index (χ1n) is 12.2. The maximum atomic E-state index is 14.7. The van der Waals surface area contributed by atoms with Crippen LogP contribution in [0.1, 0.15) is 97.8 Å². The van der Waals surface area contributed by atoms with Gasteiger partial charge in [-0.25, -0.2) is 9.37 Å². The Morgan fingerprint density at radius 2 is 1.52 bits per heavy atom. The summed E-state index contributed by atoms with van der Waals surface area (Å²) >= 11 is 0. The first kappa shape index (κ1) is 25.4. The van der Waals surface area contributed by atoms with Crippen molar-refractivity contribution in [2.75, 3.05) is 6.61 Å². The Bertz CT molecular complexity index is 782. The molecule has 5 heteroatoms. The maximum Gasteiger partial charge on any atom is 0.214 e. The van der Waals surface area contributed by atoms with Gasteiger partial charge in [0, 0.05) is 11.5 Å². The molecule has 1 atom stereocenters. The number of halogens is 2. The summed E-state index contributed by atoms with van der Waals surface area (Å²) in [6.07, 6.45) is 13.1. The lowest BCUT2D eigenvalue weighted by molar-refractivity contribution is 0.170. The number of hydrogen-bond donors (Lipinski definition) is 0. The smallest absolute Gasteiger partial charge is 0.214 e. The molecule has 0 aliphatic heterocycles. The van der Waals surface area contributed by atoms with Gasteiger partial charge in [0.1, 0.15) is 11.6 Å². The van der Waals surface area contributed by atoms with Crippen molar-refractivity contribution in [1.82, 2.24) is 4.98 Å². The van der Waals surface area contributed by atoms with Crippen LogP contribution in [0.2, 0.25) is 0 Å². The number of aromatic nitrogens is 1. The van der Waals surface area contributed by atoms with Crippen LogP contribution in [0.5, 0.6) is 11.6 Å². The highest BCUT2D eigenvalue weighted by Crippen LogP contribution is 2.30. The van der Waals surface area contributed by atoms with Crippen molar-refractivity contribution in [3.63, 3.8) is 0 Å². The molecule has 174 valence electrons. The van der Waals surface area contributed by atoms with E-state index in [1.165, 1.54) is 31.7 Å². The zero-order valence-electron chi connectivity index (χ0n) is 19.5. The van der Waals surface area contributed by atoms with E-state index in [0.29, 0.717) is 17.9 Å². The number of ether oxygens (including phenoxy) is 2. The molecule has 1 heterocycles. The molecule has 3 nitrogen and oxygen atoms in total. The Balaban J connectivity index is 1.98. The van der Waals surface area contributed by atoms with Crippen LogP contribution in [0.25, 0.3) is 10.9 Å². The Morgan fingerprint density at radius 3 is 2.23 bits per heavy atom. The molecule has 0 aliphatic carbocycles. The fourth-order valence-electron chi connectivity index (χ4n) is 3.76. The summed E-state index contributed by atoms with van der Waals surface area (Å²) in [6, 6.07) is 4.99. The van der Waals surface area contributed by atoms with Gasteiger partial charge >= 0.3 is 0 Å². The van der Waals surface area contributed by atoms with E-state index in [2.05, 4.69) is 25.8 Å². The second-order valence-corrected chi connectivity index (χ2v) is 8.36. The second kappa shape index (κ2) is 14.2. The van der Waals surface area contributed by atoms with Crippen molar-refractivity contribution in [1.29, 1.82) is 0 Å². The van der Waals surface area contributed by atoms with E-state index < -0.39 is 11.6 Å². The molecule has 0 N–H and O–H groups in total. The van der Waals surface area contributed by atoms with Crippen molar-refractivity contribution in [3.05, 3.63) is 29.8 Å². The largest absolute Gasteiger partial charge is 0.490 e. The monoisotopic (exact) mass is 435 g/mol. The van der Waals surface area contributed by atoms with Crippen LogP contribution >= 0.6 is 0 Å². The third-order valence-corrected chi connectivity index (χ3v) is 5.59. The predicted octanol–water partition coefficient (Wildman–Crippen LogP) is 8.38. The van der Waals surface area contributed by atoms with Crippen molar-refractivity contribution >= 4 is 10.9 Å². The van der Waals surface area contributed by atoms with E-state index in [4.69, 9.17) is 9.47 Å². The van der Waals surface area contributed by atoms with Crippen LogP contribution in [0, 0.1) is 11.6 Å². The van der Waals surface area contributed by atoms with Gasteiger partial charge < -0.3 is 9.47 Å². The number of benzene rings is 1. The zero-order valence-corrected chi connectivity index (χ0v) is 19.5. The summed E-state index contributed by atoms with van der Waals surface area (Å²) < 4.78 is 40.8. The van der Waals surface area contributed by atoms with Crippen LogP contribution in [0.15, 0.2) is 18.2 Å². The Kier molecular flexibility index (Phi) is 11.6. The highest BCUT2D eigenvalue weighted by molar-refractivity contribution is 5.81. The molecule has 1 aromatic carbocycles. The number of fused-ring (bicyclic) bond motifs is 1. The maximum absolute atomic E-state index is 14.7. The van der Waals surface area contributed by atoms with Crippen molar-refractivity contribution in [2.24, 2.45) is 0 Å². The quantitative estimate of drug-likeness (QED) is 0.248. The molecular formula is C26H39F2NO2. The highest BCUT2D eigenvalue weighted by Gasteiger charge is 2.18. The number of pyridine rings is 1. The molecule has 0 radical (unpaired) electrons. The van der Waals surface area contributed by atoms with Gasteiger partial charge in [0.2, 0.25) is 11.7 Å². The van der Waals surface area contributed by atoms with Crippen LogP contribution in [-0.4, -0.2) is 17.7 Å². The molecule has 0 aliphatic rings. The second-order valence-electron chi connectivity index (χ2n) is 8.36.